The van der Waals surface area contributed by atoms with Gasteiger partial charge in [-0.2, -0.15) is 0 Å². The molecule has 90 valence electrons. The number of aromatic nitrogens is 1. The van der Waals surface area contributed by atoms with Gasteiger partial charge in [-0.25, -0.2) is 8.42 Å². The minimum absolute atomic E-state index is 0.153. The summed E-state index contributed by atoms with van der Waals surface area (Å²) >= 11 is 3.30. The molecular formula is C10H14BrNO3S. The Morgan fingerprint density at radius 1 is 1.44 bits per heavy atom. The second-order valence-electron chi connectivity index (χ2n) is 3.45. The molecule has 6 heteroatoms. The minimum Gasteiger partial charge on any atom is -0.492 e. The fraction of sp³-hybridized carbons (Fsp3) is 0.500. The molecule has 0 atom stereocenters. The molecule has 1 aromatic rings. The monoisotopic (exact) mass is 307 g/mol. The molecule has 0 spiro atoms. The van der Waals surface area contributed by atoms with Gasteiger partial charge in [-0.05, 0) is 18.6 Å². The first-order chi connectivity index (χ1) is 7.51. The number of nitrogens with zero attached hydrogens (tertiary/aromatic N) is 1. The van der Waals surface area contributed by atoms with Crippen molar-refractivity contribution >= 4 is 25.8 Å². The highest BCUT2D eigenvalue weighted by molar-refractivity contribution is 9.08. The zero-order chi connectivity index (χ0) is 12.0. The normalized spacial score (nSPS) is 11.4. The van der Waals surface area contributed by atoms with E-state index in [9.17, 15) is 8.42 Å². The van der Waals surface area contributed by atoms with Crippen molar-refractivity contribution in [1.82, 2.24) is 4.98 Å². The van der Waals surface area contributed by atoms with E-state index in [4.69, 9.17) is 4.74 Å². The van der Waals surface area contributed by atoms with E-state index < -0.39 is 9.84 Å². The van der Waals surface area contributed by atoms with Crippen molar-refractivity contribution in [2.75, 3.05) is 18.6 Å². The lowest BCUT2D eigenvalue weighted by atomic mass is 10.4. The van der Waals surface area contributed by atoms with Crippen LogP contribution in [-0.2, 0) is 15.2 Å². The van der Waals surface area contributed by atoms with Gasteiger partial charge in [0, 0.05) is 11.6 Å². The van der Waals surface area contributed by atoms with Gasteiger partial charge < -0.3 is 4.74 Å². The Hall–Kier alpha value is -0.620. The number of hydrogen-bond donors (Lipinski definition) is 0. The Morgan fingerprint density at radius 3 is 2.69 bits per heavy atom. The quantitative estimate of drug-likeness (QED) is 0.594. The lowest BCUT2D eigenvalue weighted by Crippen LogP contribution is -2.08. The van der Waals surface area contributed by atoms with E-state index in [0.717, 1.165) is 5.69 Å². The Bertz CT molecular complexity index is 416. The van der Waals surface area contributed by atoms with Gasteiger partial charge in [-0.15, -0.1) is 0 Å². The molecular weight excluding hydrogens is 294 g/mol. The van der Waals surface area contributed by atoms with Crippen molar-refractivity contribution in [3.63, 3.8) is 0 Å². The molecule has 1 aromatic heterocycles. The molecule has 0 aliphatic carbocycles. The molecule has 1 heterocycles. The van der Waals surface area contributed by atoms with Crippen molar-refractivity contribution in [2.45, 2.75) is 11.8 Å². The van der Waals surface area contributed by atoms with Crippen molar-refractivity contribution in [3.05, 3.63) is 24.0 Å². The van der Waals surface area contributed by atoms with Crippen LogP contribution in [0.5, 0.6) is 5.75 Å². The van der Waals surface area contributed by atoms with Crippen LogP contribution >= 0.6 is 15.9 Å². The Labute approximate surface area is 104 Å². The number of sulfone groups is 1. The Kier molecular flexibility index (Phi) is 5.21. The third-order valence-corrected chi connectivity index (χ3v) is 3.47. The zero-order valence-corrected chi connectivity index (χ0v) is 11.4. The molecule has 0 saturated heterocycles. The molecule has 0 aromatic carbocycles. The third kappa shape index (κ3) is 5.46. The van der Waals surface area contributed by atoms with E-state index in [1.165, 1.54) is 6.26 Å². The smallest absolute Gasteiger partial charge is 0.147 e. The molecule has 1 rings (SSSR count). The number of alkyl halides is 1. The number of hydrogen-bond acceptors (Lipinski definition) is 4. The lowest BCUT2D eigenvalue weighted by molar-refractivity contribution is 0.316. The van der Waals surface area contributed by atoms with Crippen molar-refractivity contribution in [3.8, 4) is 5.75 Å². The highest BCUT2D eigenvalue weighted by Gasteiger charge is 2.02. The molecule has 0 amide bonds. The van der Waals surface area contributed by atoms with Crippen LogP contribution in [0.2, 0.25) is 0 Å². The van der Waals surface area contributed by atoms with E-state index in [1.54, 1.807) is 6.20 Å². The van der Waals surface area contributed by atoms with Gasteiger partial charge in [0.25, 0.3) is 0 Å². The van der Waals surface area contributed by atoms with Gasteiger partial charge in [-0.1, -0.05) is 15.9 Å². The molecule has 0 saturated carbocycles. The second-order valence-corrected chi connectivity index (χ2v) is 6.27. The van der Waals surface area contributed by atoms with Crippen LogP contribution in [0.4, 0.5) is 0 Å². The predicted octanol–water partition coefficient (Wildman–Crippen LogP) is 1.79. The number of rotatable bonds is 6. The second kappa shape index (κ2) is 6.20. The van der Waals surface area contributed by atoms with E-state index in [0.29, 0.717) is 24.1 Å². The first kappa shape index (κ1) is 13.4. The SMILES string of the molecule is CS(=O)(=O)CCCOc1ccc(CBr)nc1. The maximum absolute atomic E-state index is 10.9. The average Bonchev–Trinajstić information content (AvgIpc) is 2.24. The van der Waals surface area contributed by atoms with Gasteiger partial charge in [0.1, 0.15) is 15.6 Å². The van der Waals surface area contributed by atoms with E-state index in [1.807, 2.05) is 12.1 Å². The first-order valence-electron chi connectivity index (χ1n) is 4.83. The largest absolute Gasteiger partial charge is 0.492 e. The van der Waals surface area contributed by atoms with Crippen molar-refractivity contribution in [1.29, 1.82) is 0 Å². The molecule has 16 heavy (non-hydrogen) atoms. The van der Waals surface area contributed by atoms with Crippen LogP contribution in [0.1, 0.15) is 12.1 Å². The molecule has 0 bridgehead atoms. The lowest BCUT2D eigenvalue weighted by Gasteiger charge is -2.05. The highest BCUT2D eigenvalue weighted by Crippen LogP contribution is 2.11. The Morgan fingerprint density at radius 2 is 2.19 bits per heavy atom. The summed E-state index contributed by atoms with van der Waals surface area (Å²) in [5, 5.41) is 0.710. The number of pyridine rings is 1. The first-order valence-corrected chi connectivity index (χ1v) is 8.01. The number of halogens is 1. The van der Waals surface area contributed by atoms with Gasteiger partial charge in [0.2, 0.25) is 0 Å². The summed E-state index contributed by atoms with van der Waals surface area (Å²) in [6.07, 6.45) is 3.36. The predicted molar refractivity (Wildman–Crippen MR) is 66.7 cm³/mol. The molecule has 0 fully saturated rings. The summed E-state index contributed by atoms with van der Waals surface area (Å²) in [5.41, 5.74) is 0.934. The van der Waals surface area contributed by atoms with Crippen LogP contribution in [0, 0.1) is 0 Å². The molecule has 4 nitrogen and oxygen atoms in total. The summed E-state index contributed by atoms with van der Waals surface area (Å²) in [4.78, 5) is 4.13. The van der Waals surface area contributed by atoms with Crippen LogP contribution in [0.3, 0.4) is 0 Å². The van der Waals surface area contributed by atoms with Crippen LogP contribution < -0.4 is 4.74 Å². The standard InChI is InChI=1S/C10H14BrNO3S/c1-16(13,14)6-2-5-15-10-4-3-9(7-11)12-8-10/h3-4,8H,2,5-7H2,1H3. The number of ether oxygens (including phenoxy) is 1. The minimum atomic E-state index is -2.89. The Balaban J connectivity index is 2.32. The van der Waals surface area contributed by atoms with Crippen molar-refractivity contribution in [2.24, 2.45) is 0 Å². The van der Waals surface area contributed by atoms with E-state index in [2.05, 4.69) is 20.9 Å². The maximum Gasteiger partial charge on any atom is 0.147 e. The molecule has 0 N–H and O–H groups in total. The third-order valence-electron chi connectivity index (χ3n) is 1.86. The van der Waals surface area contributed by atoms with Gasteiger partial charge in [0.15, 0.2) is 0 Å². The van der Waals surface area contributed by atoms with Gasteiger partial charge >= 0.3 is 0 Å². The van der Waals surface area contributed by atoms with Crippen molar-refractivity contribution < 1.29 is 13.2 Å². The summed E-state index contributed by atoms with van der Waals surface area (Å²) < 4.78 is 27.1. The zero-order valence-electron chi connectivity index (χ0n) is 9.02. The maximum atomic E-state index is 10.9. The van der Waals surface area contributed by atoms with Gasteiger partial charge in [0.05, 0.1) is 24.3 Å². The van der Waals surface area contributed by atoms with Gasteiger partial charge in [-0.3, -0.25) is 4.98 Å². The van der Waals surface area contributed by atoms with E-state index in [-0.39, 0.29) is 5.75 Å². The van der Waals surface area contributed by atoms with E-state index >= 15 is 0 Å². The fourth-order valence-corrected chi connectivity index (χ4v) is 2.06. The highest BCUT2D eigenvalue weighted by atomic mass is 79.9. The summed E-state index contributed by atoms with van der Waals surface area (Å²) in [6, 6.07) is 3.69. The summed E-state index contributed by atoms with van der Waals surface area (Å²) in [7, 11) is -2.89. The molecule has 0 aliphatic heterocycles. The summed E-state index contributed by atoms with van der Waals surface area (Å²) in [6.45, 7) is 0.391. The van der Waals surface area contributed by atoms with Crippen LogP contribution in [0.25, 0.3) is 0 Å². The van der Waals surface area contributed by atoms with Crippen LogP contribution in [0.15, 0.2) is 18.3 Å². The summed E-state index contributed by atoms with van der Waals surface area (Å²) in [5.74, 6) is 0.818. The average molecular weight is 308 g/mol. The van der Waals surface area contributed by atoms with Crippen LogP contribution in [-0.4, -0.2) is 32.0 Å². The molecule has 0 radical (unpaired) electrons. The topological polar surface area (TPSA) is 56.3 Å². The fourth-order valence-electron chi connectivity index (χ4n) is 1.09. The molecule has 0 aliphatic rings. The molecule has 0 unspecified atom stereocenters.